The average molecular weight is 348 g/mol. The number of carbonyl (C=O) groups excluding carboxylic acids is 2. The molecule has 6 nitrogen and oxygen atoms in total. The summed E-state index contributed by atoms with van der Waals surface area (Å²) < 4.78 is 5.44. The van der Waals surface area contributed by atoms with E-state index in [4.69, 9.17) is 16.3 Å². The molecule has 0 aromatic carbocycles. The number of halogens is 1. The highest BCUT2D eigenvalue weighted by molar-refractivity contribution is 6.29. The SMILES string of the molecule is CC(C)(C)OC(=O)N(Cc1ccc(Cl)nc1)c1ccc(C=O)cn1. The molecule has 0 fully saturated rings. The second-order valence-corrected chi connectivity index (χ2v) is 6.51. The Hall–Kier alpha value is -2.47. The summed E-state index contributed by atoms with van der Waals surface area (Å²) in [5.41, 5.74) is 0.554. The van der Waals surface area contributed by atoms with Gasteiger partial charge in [-0.05, 0) is 44.5 Å². The van der Waals surface area contributed by atoms with Crippen molar-refractivity contribution >= 4 is 29.8 Å². The third kappa shape index (κ3) is 5.03. The van der Waals surface area contributed by atoms with Crippen molar-refractivity contribution in [1.82, 2.24) is 9.97 Å². The summed E-state index contributed by atoms with van der Waals surface area (Å²) in [6.07, 6.45) is 3.14. The number of rotatable bonds is 4. The van der Waals surface area contributed by atoms with Gasteiger partial charge in [0.1, 0.15) is 16.6 Å². The van der Waals surface area contributed by atoms with Gasteiger partial charge in [-0.15, -0.1) is 0 Å². The minimum atomic E-state index is -0.643. The minimum Gasteiger partial charge on any atom is -0.443 e. The maximum absolute atomic E-state index is 12.5. The van der Waals surface area contributed by atoms with Crippen molar-refractivity contribution in [3.63, 3.8) is 0 Å². The topological polar surface area (TPSA) is 72.4 Å². The number of nitrogens with zero attached hydrogens (tertiary/aromatic N) is 3. The molecule has 0 saturated heterocycles. The number of hydrogen-bond acceptors (Lipinski definition) is 5. The molecule has 24 heavy (non-hydrogen) atoms. The Morgan fingerprint density at radius 3 is 2.46 bits per heavy atom. The summed E-state index contributed by atoms with van der Waals surface area (Å²) in [7, 11) is 0. The monoisotopic (exact) mass is 347 g/mol. The lowest BCUT2D eigenvalue weighted by molar-refractivity contribution is 0.0576. The van der Waals surface area contributed by atoms with E-state index in [1.54, 1.807) is 51.2 Å². The zero-order valence-corrected chi connectivity index (χ0v) is 14.4. The molecule has 2 heterocycles. The summed E-state index contributed by atoms with van der Waals surface area (Å²) in [6, 6.07) is 6.60. The molecule has 0 atom stereocenters. The van der Waals surface area contributed by atoms with Crippen molar-refractivity contribution < 1.29 is 14.3 Å². The summed E-state index contributed by atoms with van der Waals surface area (Å²) in [5, 5.41) is 0.371. The highest BCUT2D eigenvalue weighted by atomic mass is 35.5. The van der Waals surface area contributed by atoms with Crippen molar-refractivity contribution in [2.75, 3.05) is 4.90 Å². The third-order valence-electron chi connectivity index (χ3n) is 2.93. The van der Waals surface area contributed by atoms with Crippen LogP contribution in [0, 0.1) is 0 Å². The third-order valence-corrected chi connectivity index (χ3v) is 3.15. The quantitative estimate of drug-likeness (QED) is 0.619. The maximum atomic E-state index is 12.5. The standard InChI is InChI=1S/C17H18ClN3O3/c1-17(2,3)24-16(23)21(10-12-4-6-14(18)19-8-12)15-7-5-13(11-22)9-20-15/h4-9,11H,10H2,1-3H3. The van der Waals surface area contributed by atoms with Gasteiger partial charge >= 0.3 is 6.09 Å². The fourth-order valence-electron chi connectivity index (χ4n) is 1.87. The van der Waals surface area contributed by atoms with Gasteiger partial charge < -0.3 is 4.74 Å². The van der Waals surface area contributed by atoms with Gasteiger partial charge in [0.15, 0.2) is 6.29 Å². The molecule has 0 saturated carbocycles. The molecule has 0 unspecified atom stereocenters. The Morgan fingerprint density at radius 1 is 1.21 bits per heavy atom. The summed E-state index contributed by atoms with van der Waals surface area (Å²) in [6.45, 7) is 5.58. The smallest absolute Gasteiger partial charge is 0.416 e. The molecular weight excluding hydrogens is 330 g/mol. The second-order valence-electron chi connectivity index (χ2n) is 6.12. The molecule has 126 valence electrons. The molecule has 0 aliphatic heterocycles. The van der Waals surface area contributed by atoms with Crippen LogP contribution in [-0.2, 0) is 11.3 Å². The first-order valence-electron chi connectivity index (χ1n) is 7.31. The zero-order chi connectivity index (χ0) is 17.7. The molecule has 0 spiro atoms. The predicted octanol–water partition coefficient (Wildman–Crippen LogP) is 3.88. The highest BCUT2D eigenvalue weighted by Gasteiger charge is 2.24. The van der Waals surface area contributed by atoms with E-state index in [9.17, 15) is 9.59 Å². The van der Waals surface area contributed by atoms with Crippen LogP contribution < -0.4 is 4.90 Å². The van der Waals surface area contributed by atoms with E-state index in [0.717, 1.165) is 5.56 Å². The Labute approximate surface area is 145 Å². The van der Waals surface area contributed by atoms with Gasteiger partial charge in [0.25, 0.3) is 0 Å². The molecule has 2 rings (SSSR count). The summed E-state index contributed by atoms with van der Waals surface area (Å²) in [4.78, 5) is 32.8. The van der Waals surface area contributed by atoms with Crippen molar-refractivity contribution in [1.29, 1.82) is 0 Å². The average Bonchev–Trinajstić information content (AvgIpc) is 2.53. The number of carbonyl (C=O) groups is 2. The molecule has 0 aliphatic carbocycles. The van der Waals surface area contributed by atoms with Gasteiger partial charge in [0.2, 0.25) is 0 Å². The van der Waals surface area contributed by atoms with Crippen LogP contribution in [0.4, 0.5) is 10.6 Å². The van der Waals surface area contributed by atoms with Crippen LogP contribution in [0.1, 0.15) is 36.7 Å². The number of anilines is 1. The van der Waals surface area contributed by atoms with Crippen molar-refractivity contribution in [2.45, 2.75) is 32.9 Å². The van der Waals surface area contributed by atoms with E-state index in [1.165, 1.54) is 11.1 Å². The predicted molar refractivity (Wildman–Crippen MR) is 91.3 cm³/mol. The van der Waals surface area contributed by atoms with E-state index in [0.29, 0.717) is 22.8 Å². The number of aldehydes is 1. The van der Waals surface area contributed by atoms with Crippen LogP contribution in [0.15, 0.2) is 36.7 Å². The zero-order valence-electron chi connectivity index (χ0n) is 13.7. The molecular formula is C17H18ClN3O3. The first kappa shape index (κ1) is 17.9. The van der Waals surface area contributed by atoms with Crippen LogP contribution in [0.3, 0.4) is 0 Å². The number of pyridine rings is 2. The van der Waals surface area contributed by atoms with Crippen molar-refractivity contribution in [3.05, 3.63) is 52.9 Å². The second kappa shape index (κ2) is 7.40. The Kier molecular flexibility index (Phi) is 5.51. The van der Waals surface area contributed by atoms with Crippen molar-refractivity contribution in [3.8, 4) is 0 Å². The molecule has 0 aliphatic rings. The maximum Gasteiger partial charge on any atom is 0.416 e. The van der Waals surface area contributed by atoms with Gasteiger partial charge in [-0.1, -0.05) is 17.7 Å². The summed E-state index contributed by atoms with van der Waals surface area (Å²) in [5.74, 6) is 0.379. The van der Waals surface area contributed by atoms with E-state index in [-0.39, 0.29) is 6.54 Å². The molecule has 0 N–H and O–H groups in total. The van der Waals surface area contributed by atoms with E-state index in [1.807, 2.05) is 0 Å². The van der Waals surface area contributed by atoms with E-state index in [2.05, 4.69) is 9.97 Å². The normalized spacial score (nSPS) is 11.0. The lowest BCUT2D eigenvalue weighted by Crippen LogP contribution is -2.37. The lowest BCUT2D eigenvalue weighted by atomic mass is 10.2. The highest BCUT2D eigenvalue weighted by Crippen LogP contribution is 2.19. The van der Waals surface area contributed by atoms with Gasteiger partial charge in [-0.2, -0.15) is 0 Å². The first-order chi connectivity index (χ1) is 11.3. The van der Waals surface area contributed by atoms with E-state index < -0.39 is 11.7 Å². The summed E-state index contributed by atoms with van der Waals surface area (Å²) >= 11 is 5.79. The molecule has 7 heteroatoms. The first-order valence-corrected chi connectivity index (χ1v) is 7.68. The van der Waals surface area contributed by atoms with Gasteiger partial charge in [-0.3, -0.25) is 9.69 Å². The van der Waals surface area contributed by atoms with Crippen molar-refractivity contribution in [2.24, 2.45) is 0 Å². The number of amides is 1. The van der Waals surface area contributed by atoms with Crippen LogP contribution in [-0.4, -0.2) is 27.9 Å². The minimum absolute atomic E-state index is 0.215. The molecule has 0 bridgehead atoms. The largest absolute Gasteiger partial charge is 0.443 e. The number of ether oxygens (including phenoxy) is 1. The Bertz CT molecular complexity index is 709. The molecule has 1 amide bonds. The van der Waals surface area contributed by atoms with Crippen LogP contribution >= 0.6 is 11.6 Å². The van der Waals surface area contributed by atoms with Crippen LogP contribution in [0.2, 0.25) is 5.15 Å². The van der Waals surface area contributed by atoms with Gasteiger partial charge in [-0.25, -0.2) is 14.8 Å². The fourth-order valence-corrected chi connectivity index (χ4v) is 1.98. The molecule has 0 radical (unpaired) electrons. The Morgan fingerprint density at radius 2 is 1.96 bits per heavy atom. The van der Waals surface area contributed by atoms with Gasteiger partial charge in [0, 0.05) is 18.0 Å². The van der Waals surface area contributed by atoms with Crippen LogP contribution in [0.25, 0.3) is 0 Å². The van der Waals surface area contributed by atoms with Crippen LogP contribution in [0.5, 0.6) is 0 Å². The molecule has 2 aromatic rings. The number of aromatic nitrogens is 2. The lowest BCUT2D eigenvalue weighted by Gasteiger charge is -2.26. The Balaban J connectivity index is 2.30. The number of hydrogen-bond donors (Lipinski definition) is 0. The van der Waals surface area contributed by atoms with Gasteiger partial charge in [0.05, 0.1) is 6.54 Å². The fraction of sp³-hybridized carbons (Fsp3) is 0.294. The molecule has 2 aromatic heterocycles. The van der Waals surface area contributed by atoms with E-state index >= 15 is 0 Å².